The molecule has 0 aromatic carbocycles. The number of sulfonamides is 2. The molecule has 0 fully saturated rings. The number of rotatable bonds is 13. The first-order chi connectivity index (χ1) is 11.2. The van der Waals surface area contributed by atoms with Crippen molar-refractivity contribution in [2.24, 2.45) is 0 Å². The molecule has 0 radical (unpaired) electrons. The predicted molar refractivity (Wildman–Crippen MR) is 93.7 cm³/mol. The van der Waals surface area contributed by atoms with E-state index in [2.05, 4.69) is 13.1 Å². The fourth-order valence-electron chi connectivity index (χ4n) is 2.05. The van der Waals surface area contributed by atoms with E-state index >= 15 is 0 Å². The minimum absolute atomic E-state index is 0.0861. The quantitative estimate of drug-likeness (QED) is 0.326. The van der Waals surface area contributed by atoms with E-state index in [1.807, 2.05) is 4.13 Å². The van der Waals surface area contributed by atoms with E-state index < -0.39 is 39.6 Å². The molecular formula is C13H27F3NO5S2Si-. The van der Waals surface area contributed by atoms with Crippen LogP contribution in [0.2, 0.25) is 19.1 Å². The summed E-state index contributed by atoms with van der Waals surface area (Å²) in [6, 6.07) is 1.08. The summed E-state index contributed by atoms with van der Waals surface area (Å²) >= 11 is 0. The van der Waals surface area contributed by atoms with Gasteiger partial charge in [0.25, 0.3) is 0 Å². The van der Waals surface area contributed by atoms with Gasteiger partial charge in [0.2, 0.25) is 0 Å². The second-order valence-corrected chi connectivity index (χ2v) is 14.5. The molecule has 0 rings (SSSR count). The second-order valence-electron chi connectivity index (χ2n) is 6.47. The van der Waals surface area contributed by atoms with Crippen LogP contribution in [0.3, 0.4) is 0 Å². The molecule has 0 aromatic heterocycles. The number of unbranched alkanes of at least 4 members (excludes halogenated alkanes) is 6. The van der Waals surface area contributed by atoms with Gasteiger partial charge in [-0.1, -0.05) is 38.5 Å². The van der Waals surface area contributed by atoms with Crippen molar-refractivity contribution in [2.75, 3.05) is 12.9 Å². The smallest absolute Gasteiger partial charge is 0.428 e. The third-order valence-corrected chi connectivity index (χ3v) is 9.48. The van der Waals surface area contributed by atoms with Crippen LogP contribution in [0.4, 0.5) is 13.2 Å². The molecule has 0 unspecified atom stereocenters. The second kappa shape index (κ2) is 10.2. The third-order valence-electron chi connectivity index (χ3n) is 3.74. The Bertz CT molecular complexity index is 591. The zero-order valence-electron chi connectivity index (χ0n) is 14.8. The summed E-state index contributed by atoms with van der Waals surface area (Å²) in [5, 5.41) is 0. The molecular weight excluding hydrogens is 399 g/mol. The average Bonchev–Trinajstić information content (AvgIpc) is 2.43. The minimum atomic E-state index is -6.00. The van der Waals surface area contributed by atoms with Gasteiger partial charge in [0.15, 0.2) is 18.3 Å². The SMILES string of the molecule is CO[Si](C)(C)CCCCCCCCCS(=O)(=O)[N-]S(=O)(=O)C(F)(F)F. The monoisotopic (exact) mass is 426 g/mol. The molecule has 0 aromatic rings. The van der Waals surface area contributed by atoms with Crippen molar-refractivity contribution in [1.82, 2.24) is 0 Å². The van der Waals surface area contributed by atoms with Gasteiger partial charge in [0.05, 0.1) is 10.0 Å². The van der Waals surface area contributed by atoms with Crippen molar-refractivity contribution in [3.63, 3.8) is 0 Å². The molecule has 0 bridgehead atoms. The molecule has 6 nitrogen and oxygen atoms in total. The number of nitrogens with zero attached hydrogens (tertiary/aromatic N) is 1. The van der Waals surface area contributed by atoms with E-state index in [-0.39, 0.29) is 6.42 Å². The Morgan fingerprint density at radius 2 is 1.32 bits per heavy atom. The molecule has 0 spiro atoms. The fourth-order valence-corrected chi connectivity index (χ4v) is 5.76. The van der Waals surface area contributed by atoms with Crippen molar-refractivity contribution in [2.45, 2.75) is 69.6 Å². The molecule has 0 saturated heterocycles. The predicted octanol–water partition coefficient (Wildman–Crippen LogP) is 4.12. The maximum Gasteiger partial charge on any atom is 0.480 e. The number of hydrogen-bond acceptors (Lipinski definition) is 5. The molecule has 0 heterocycles. The van der Waals surface area contributed by atoms with Crippen molar-refractivity contribution in [1.29, 1.82) is 0 Å². The van der Waals surface area contributed by atoms with Crippen LogP contribution >= 0.6 is 0 Å². The molecule has 0 atom stereocenters. The minimum Gasteiger partial charge on any atom is -0.428 e. The summed E-state index contributed by atoms with van der Waals surface area (Å²) in [7, 11) is -10.4. The van der Waals surface area contributed by atoms with E-state index in [0.29, 0.717) is 6.42 Å². The standard InChI is InChI=1S/C13H27F3NO5S2Si/c1-22-25(2,3)12-10-8-6-4-5-7-9-11-23(18,19)17-24(20,21)13(14,15)16/h4-12H2,1-3H3/q-1. The summed E-state index contributed by atoms with van der Waals surface area (Å²) in [5.74, 6) is -0.698. The summed E-state index contributed by atoms with van der Waals surface area (Å²) in [4.78, 5) is 0. The van der Waals surface area contributed by atoms with Crippen LogP contribution in [0.1, 0.15) is 44.9 Å². The van der Waals surface area contributed by atoms with Crippen LogP contribution in [-0.4, -0.2) is 43.5 Å². The van der Waals surface area contributed by atoms with Gasteiger partial charge < -0.3 is 8.55 Å². The summed E-state index contributed by atoms with van der Waals surface area (Å²) < 4.78 is 87.9. The number of halogens is 3. The zero-order valence-corrected chi connectivity index (χ0v) is 17.4. The average molecular weight is 427 g/mol. The van der Waals surface area contributed by atoms with E-state index in [4.69, 9.17) is 4.43 Å². The Balaban J connectivity index is 3.88. The lowest BCUT2D eigenvalue weighted by atomic mass is 10.1. The zero-order chi connectivity index (χ0) is 19.8. The van der Waals surface area contributed by atoms with Crippen LogP contribution in [-0.2, 0) is 24.5 Å². The van der Waals surface area contributed by atoms with E-state index in [9.17, 15) is 30.0 Å². The van der Waals surface area contributed by atoms with Crippen LogP contribution in [0, 0.1) is 0 Å². The highest BCUT2D eigenvalue weighted by atomic mass is 32.3. The maximum atomic E-state index is 12.1. The molecule has 0 aliphatic rings. The van der Waals surface area contributed by atoms with Crippen molar-refractivity contribution < 1.29 is 34.4 Å². The molecule has 25 heavy (non-hydrogen) atoms. The first kappa shape index (κ1) is 24.8. The Hall–Kier alpha value is -0.173. The van der Waals surface area contributed by atoms with Gasteiger partial charge in [0, 0.05) is 12.9 Å². The first-order valence-corrected chi connectivity index (χ1v) is 14.2. The topological polar surface area (TPSA) is 91.6 Å². The van der Waals surface area contributed by atoms with E-state index in [1.165, 1.54) is 0 Å². The van der Waals surface area contributed by atoms with Crippen molar-refractivity contribution in [3.05, 3.63) is 4.13 Å². The molecule has 12 heteroatoms. The summed E-state index contributed by atoms with van der Waals surface area (Å²) in [6.07, 6.45) is 5.35. The largest absolute Gasteiger partial charge is 0.480 e. The Morgan fingerprint density at radius 1 is 0.880 bits per heavy atom. The van der Waals surface area contributed by atoms with E-state index in [0.717, 1.165) is 38.1 Å². The first-order valence-electron chi connectivity index (χ1n) is 8.06. The van der Waals surface area contributed by atoms with Gasteiger partial charge in [-0.15, -0.1) is 0 Å². The highest BCUT2D eigenvalue weighted by Gasteiger charge is 2.40. The third kappa shape index (κ3) is 11.2. The van der Waals surface area contributed by atoms with Gasteiger partial charge in [-0.2, -0.15) is 13.2 Å². The number of hydrogen-bond donors (Lipinski definition) is 0. The van der Waals surface area contributed by atoms with Crippen molar-refractivity contribution >= 4 is 28.4 Å². The lowest BCUT2D eigenvalue weighted by Gasteiger charge is -2.21. The fraction of sp³-hybridized carbons (Fsp3) is 1.00. The molecule has 0 saturated carbocycles. The van der Waals surface area contributed by atoms with Gasteiger partial charge in [-0.05, 0) is 25.6 Å². The van der Waals surface area contributed by atoms with Gasteiger partial charge in [-0.3, -0.25) is 0 Å². The van der Waals surface area contributed by atoms with Crippen LogP contribution in [0.15, 0.2) is 0 Å². The van der Waals surface area contributed by atoms with Crippen LogP contribution in [0.5, 0.6) is 0 Å². The Morgan fingerprint density at radius 3 is 1.76 bits per heavy atom. The normalized spacial score (nSPS) is 14.0. The summed E-state index contributed by atoms with van der Waals surface area (Å²) in [6.45, 7) is 4.30. The van der Waals surface area contributed by atoms with Crippen LogP contribution < -0.4 is 0 Å². The highest BCUT2D eigenvalue weighted by molar-refractivity contribution is 8.12. The van der Waals surface area contributed by atoms with Crippen molar-refractivity contribution in [3.8, 4) is 0 Å². The van der Waals surface area contributed by atoms with Gasteiger partial charge in [-0.25, -0.2) is 16.8 Å². The lowest BCUT2D eigenvalue weighted by Crippen LogP contribution is -2.27. The lowest BCUT2D eigenvalue weighted by molar-refractivity contribution is -0.0425. The van der Waals surface area contributed by atoms with Crippen LogP contribution in [0.25, 0.3) is 4.13 Å². The highest BCUT2D eigenvalue weighted by Crippen LogP contribution is 2.30. The number of alkyl halides is 3. The molecule has 0 aliphatic heterocycles. The Labute approximate surface area is 149 Å². The van der Waals surface area contributed by atoms with E-state index in [1.54, 1.807) is 7.11 Å². The van der Waals surface area contributed by atoms with Gasteiger partial charge in [0.1, 0.15) is 0 Å². The maximum absolute atomic E-state index is 12.1. The summed E-state index contributed by atoms with van der Waals surface area (Å²) in [5.41, 5.74) is -5.69. The molecule has 0 aliphatic carbocycles. The molecule has 0 N–H and O–H groups in total. The molecule has 152 valence electrons. The van der Waals surface area contributed by atoms with Gasteiger partial charge >= 0.3 is 5.51 Å². The molecule has 0 amide bonds. The Kier molecular flexibility index (Phi) is 10.2.